The van der Waals surface area contributed by atoms with Gasteiger partial charge in [-0.15, -0.1) is 10.2 Å². The van der Waals surface area contributed by atoms with Crippen LogP contribution in [0, 0.1) is 0 Å². The molecule has 1 amide bonds. The van der Waals surface area contributed by atoms with E-state index in [1.54, 1.807) is 0 Å². The number of nitrogens with zero attached hydrogens (tertiary/aromatic N) is 3. The maximum absolute atomic E-state index is 12.1. The maximum atomic E-state index is 12.1. The van der Waals surface area contributed by atoms with E-state index in [0.29, 0.717) is 13.0 Å². The molecule has 0 saturated carbocycles. The Labute approximate surface area is 157 Å². The Balaban J connectivity index is 1.18. The predicted molar refractivity (Wildman–Crippen MR) is 106 cm³/mol. The smallest absolute Gasteiger partial charge is 0.220 e. The van der Waals surface area contributed by atoms with Crippen LogP contribution in [0.25, 0.3) is 16.6 Å². The normalized spacial score (nSPS) is 11.3. The van der Waals surface area contributed by atoms with Crippen molar-refractivity contribution in [3.63, 3.8) is 0 Å². The number of nitrogens with one attached hydrogen (secondary N) is 2. The number of para-hydroxylation sites is 1. The third kappa shape index (κ3) is 4.00. The first-order valence-electron chi connectivity index (χ1n) is 9.41. The fourth-order valence-corrected chi connectivity index (χ4v) is 3.40. The molecule has 0 aliphatic heterocycles. The number of hydrogen-bond acceptors (Lipinski definition) is 3. The molecule has 138 valence electrons. The Hall–Kier alpha value is -3.15. The van der Waals surface area contributed by atoms with E-state index < -0.39 is 0 Å². The minimum absolute atomic E-state index is 0.112. The van der Waals surface area contributed by atoms with Crippen LogP contribution in [0.1, 0.15) is 30.7 Å². The minimum atomic E-state index is 0.112. The van der Waals surface area contributed by atoms with Gasteiger partial charge < -0.3 is 10.3 Å². The lowest BCUT2D eigenvalue weighted by Crippen LogP contribution is -2.24. The zero-order chi connectivity index (χ0) is 18.5. The topological polar surface area (TPSA) is 75.1 Å². The van der Waals surface area contributed by atoms with Gasteiger partial charge in [-0.2, -0.15) is 0 Å². The number of pyridine rings is 1. The molecule has 4 aromatic rings. The molecule has 0 aliphatic carbocycles. The van der Waals surface area contributed by atoms with Gasteiger partial charge in [0, 0.05) is 42.7 Å². The van der Waals surface area contributed by atoms with Gasteiger partial charge in [-0.3, -0.25) is 9.20 Å². The standard InChI is InChI=1S/C21H23N5O/c27-21(12-5-7-16-15-23-18-9-2-1-8-17(16)18)22-13-6-11-20-25-24-19-10-3-4-14-26(19)20/h1-4,8-10,14-15,23H,5-7,11-13H2,(H,22,27). The van der Waals surface area contributed by atoms with E-state index in [1.807, 2.05) is 47.1 Å². The fraction of sp³-hybridized carbons (Fsp3) is 0.286. The molecule has 0 fully saturated rings. The highest BCUT2D eigenvalue weighted by atomic mass is 16.1. The van der Waals surface area contributed by atoms with Gasteiger partial charge in [-0.05, 0) is 43.0 Å². The number of aromatic amines is 1. The van der Waals surface area contributed by atoms with Crippen molar-refractivity contribution in [2.75, 3.05) is 6.54 Å². The van der Waals surface area contributed by atoms with Crippen molar-refractivity contribution in [2.24, 2.45) is 0 Å². The van der Waals surface area contributed by atoms with Crippen LogP contribution < -0.4 is 5.32 Å². The summed E-state index contributed by atoms with van der Waals surface area (Å²) in [5.41, 5.74) is 3.28. The first kappa shape index (κ1) is 17.3. The molecular formula is C21H23N5O. The van der Waals surface area contributed by atoms with Gasteiger partial charge in [0.2, 0.25) is 5.91 Å². The molecule has 1 aromatic carbocycles. The van der Waals surface area contributed by atoms with Crippen molar-refractivity contribution < 1.29 is 4.79 Å². The van der Waals surface area contributed by atoms with E-state index in [0.717, 1.165) is 42.7 Å². The fourth-order valence-electron chi connectivity index (χ4n) is 3.40. The van der Waals surface area contributed by atoms with Crippen LogP contribution in [0.15, 0.2) is 54.9 Å². The number of amides is 1. The summed E-state index contributed by atoms with van der Waals surface area (Å²) < 4.78 is 1.99. The number of carbonyl (C=O) groups excluding carboxylic acids is 1. The number of aryl methyl sites for hydroxylation is 2. The van der Waals surface area contributed by atoms with E-state index >= 15 is 0 Å². The molecule has 6 heteroatoms. The van der Waals surface area contributed by atoms with Gasteiger partial charge in [-0.25, -0.2) is 0 Å². The number of benzene rings is 1. The molecule has 6 nitrogen and oxygen atoms in total. The van der Waals surface area contributed by atoms with Crippen molar-refractivity contribution in [1.82, 2.24) is 24.9 Å². The summed E-state index contributed by atoms with van der Waals surface area (Å²) in [5.74, 6) is 1.04. The van der Waals surface area contributed by atoms with Gasteiger partial charge in [0.1, 0.15) is 5.82 Å². The van der Waals surface area contributed by atoms with Crippen molar-refractivity contribution in [3.8, 4) is 0 Å². The van der Waals surface area contributed by atoms with Gasteiger partial charge in [0.25, 0.3) is 0 Å². The van der Waals surface area contributed by atoms with Crippen LogP contribution in [0.5, 0.6) is 0 Å². The summed E-state index contributed by atoms with van der Waals surface area (Å²) in [5, 5.41) is 12.6. The van der Waals surface area contributed by atoms with Gasteiger partial charge in [-0.1, -0.05) is 24.3 Å². The Morgan fingerprint density at radius 3 is 2.89 bits per heavy atom. The molecule has 0 spiro atoms. The van der Waals surface area contributed by atoms with Gasteiger partial charge in [0.15, 0.2) is 5.65 Å². The Bertz CT molecular complexity index is 1050. The number of aromatic nitrogens is 4. The lowest BCUT2D eigenvalue weighted by molar-refractivity contribution is -0.121. The summed E-state index contributed by atoms with van der Waals surface area (Å²) in [6, 6.07) is 14.1. The number of rotatable bonds is 8. The molecule has 4 rings (SSSR count). The zero-order valence-electron chi connectivity index (χ0n) is 15.2. The molecule has 0 unspecified atom stereocenters. The van der Waals surface area contributed by atoms with Crippen LogP contribution >= 0.6 is 0 Å². The molecule has 3 aromatic heterocycles. The van der Waals surface area contributed by atoms with Crippen LogP contribution in [-0.2, 0) is 17.6 Å². The lowest BCUT2D eigenvalue weighted by Gasteiger charge is -2.05. The van der Waals surface area contributed by atoms with Crippen molar-refractivity contribution in [2.45, 2.75) is 32.1 Å². The van der Waals surface area contributed by atoms with E-state index in [9.17, 15) is 4.79 Å². The molecule has 2 N–H and O–H groups in total. The lowest BCUT2D eigenvalue weighted by atomic mass is 10.1. The van der Waals surface area contributed by atoms with Crippen molar-refractivity contribution in [1.29, 1.82) is 0 Å². The summed E-state index contributed by atoms with van der Waals surface area (Å²) in [6.07, 6.45) is 7.96. The molecule has 0 bridgehead atoms. The van der Waals surface area contributed by atoms with Gasteiger partial charge in [0.05, 0.1) is 0 Å². The first-order chi connectivity index (χ1) is 13.3. The molecule has 3 heterocycles. The summed E-state index contributed by atoms with van der Waals surface area (Å²) in [4.78, 5) is 15.3. The highest BCUT2D eigenvalue weighted by Gasteiger charge is 2.07. The number of H-pyrrole nitrogens is 1. The van der Waals surface area contributed by atoms with E-state index in [1.165, 1.54) is 10.9 Å². The van der Waals surface area contributed by atoms with E-state index in [2.05, 4.69) is 32.6 Å². The number of carbonyl (C=O) groups is 1. The number of fused-ring (bicyclic) bond motifs is 2. The molecular weight excluding hydrogens is 338 g/mol. The second-order valence-electron chi connectivity index (χ2n) is 6.71. The zero-order valence-corrected chi connectivity index (χ0v) is 15.2. The van der Waals surface area contributed by atoms with Crippen LogP contribution in [-0.4, -0.2) is 32.0 Å². The van der Waals surface area contributed by atoms with Crippen molar-refractivity contribution >= 4 is 22.5 Å². The largest absolute Gasteiger partial charge is 0.361 e. The van der Waals surface area contributed by atoms with E-state index in [-0.39, 0.29) is 5.91 Å². The monoisotopic (exact) mass is 361 g/mol. The van der Waals surface area contributed by atoms with Crippen LogP contribution in [0.2, 0.25) is 0 Å². The molecule has 0 saturated heterocycles. The third-order valence-electron chi connectivity index (χ3n) is 4.81. The highest BCUT2D eigenvalue weighted by Crippen LogP contribution is 2.19. The molecule has 0 atom stereocenters. The van der Waals surface area contributed by atoms with Crippen LogP contribution in [0.4, 0.5) is 0 Å². The number of hydrogen-bond donors (Lipinski definition) is 2. The highest BCUT2D eigenvalue weighted by molar-refractivity contribution is 5.83. The summed E-state index contributed by atoms with van der Waals surface area (Å²) in [7, 11) is 0. The first-order valence-corrected chi connectivity index (χ1v) is 9.41. The van der Waals surface area contributed by atoms with Crippen LogP contribution in [0.3, 0.4) is 0 Å². The summed E-state index contributed by atoms with van der Waals surface area (Å²) in [6.45, 7) is 0.660. The second-order valence-corrected chi connectivity index (χ2v) is 6.71. The maximum Gasteiger partial charge on any atom is 0.220 e. The Morgan fingerprint density at radius 2 is 1.93 bits per heavy atom. The van der Waals surface area contributed by atoms with Crippen molar-refractivity contribution in [3.05, 3.63) is 66.2 Å². The minimum Gasteiger partial charge on any atom is -0.361 e. The predicted octanol–water partition coefficient (Wildman–Crippen LogP) is 3.28. The molecule has 0 aliphatic rings. The Kier molecular flexibility index (Phi) is 5.14. The summed E-state index contributed by atoms with van der Waals surface area (Å²) >= 11 is 0. The Morgan fingerprint density at radius 1 is 1.04 bits per heavy atom. The second kappa shape index (κ2) is 8.03. The average Bonchev–Trinajstić information content (AvgIpc) is 3.30. The third-order valence-corrected chi connectivity index (χ3v) is 4.81. The quantitative estimate of drug-likeness (QED) is 0.473. The van der Waals surface area contributed by atoms with E-state index in [4.69, 9.17) is 0 Å². The molecule has 0 radical (unpaired) electrons. The SMILES string of the molecule is O=C(CCCc1c[nH]c2ccccc12)NCCCc1nnc2ccccn12. The molecule has 27 heavy (non-hydrogen) atoms. The van der Waals surface area contributed by atoms with Gasteiger partial charge >= 0.3 is 0 Å². The average molecular weight is 361 g/mol.